The largest absolute Gasteiger partial charge is 0.295 e. The number of H-pyrrole nitrogens is 1. The highest BCUT2D eigenvalue weighted by Gasteiger charge is 2.17. The molecule has 0 radical (unpaired) electrons. The summed E-state index contributed by atoms with van der Waals surface area (Å²) < 4.78 is 4.82. The van der Waals surface area contributed by atoms with Gasteiger partial charge in [-0.05, 0) is 24.2 Å². The summed E-state index contributed by atoms with van der Waals surface area (Å²) in [6, 6.07) is 14.8. The Kier molecular flexibility index (Phi) is 3.29. The van der Waals surface area contributed by atoms with Gasteiger partial charge in [0.15, 0.2) is 0 Å². The van der Waals surface area contributed by atoms with E-state index in [2.05, 4.69) is 30.5 Å². The highest BCUT2D eigenvalue weighted by molar-refractivity contribution is 6.18. The Morgan fingerprint density at radius 3 is 2.74 bits per heavy atom. The molecule has 0 saturated carbocycles. The van der Waals surface area contributed by atoms with E-state index < -0.39 is 5.91 Å². The van der Waals surface area contributed by atoms with E-state index in [9.17, 15) is 4.79 Å². The second kappa shape index (κ2) is 5.80. The van der Waals surface area contributed by atoms with Crippen LogP contribution in [-0.4, -0.2) is 26.2 Å². The molecule has 5 rings (SSSR count). The van der Waals surface area contributed by atoms with Crippen LogP contribution >= 0.6 is 0 Å². The van der Waals surface area contributed by atoms with Gasteiger partial charge in [-0.15, -0.1) is 10.2 Å². The van der Waals surface area contributed by atoms with Gasteiger partial charge in [-0.25, -0.2) is 9.97 Å². The van der Waals surface area contributed by atoms with Crippen LogP contribution in [0.2, 0.25) is 0 Å². The topological polar surface area (TPSA) is 109 Å². The lowest BCUT2D eigenvalue weighted by molar-refractivity contribution is 0.0995. The zero-order chi connectivity index (χ0) is 18.4. The molecule has 0 atom stereocenters. The lowest BCUT2D eigenvalue weighted by Crippen LogP contribution is -1.93. The first-order valence-corrected chi connectivity index (χ1v) is 8.25. The summed E-state index contributed by atoms with van der Waals surface area (Å²) in [5.74, 6) is -0.414. The number of aromatic nitrogens is 4. The molecule has 0 saturated heterocycles. The van der Waals surface area contributed by atoms with E-state index in [1.165, 1.54) is 0 Å². The third-order valence-electron chi connectivity index (χ3n) is 4.32. The monoisotopic (exact) mass is 356 g/mol. The molecule has 2 aromatic heterocycles. The Morgan fingerprint density at radius 1 is 1.04 bits per heavy atom. The molecule has 27 heavy (non-hydrogen) atoms. The van der Waals surface area contributed by atoms with Crippen LogP contribution in [0.5, 0.6) is 0 Å². The van der Waals surface area contributed by atoms with Crippen molar-refractivity contribution < 1.29 is 9.42 Å². The predicted molar refractivity (Wildman–Crippen MR) is 99.0 cm³/mol. The van der Waals surface area contributed by atoms with Crippen LogP contribution in [0.1, 0.15) is 15.9 Å². The lowest BCUT2D eigenvalue weighted by Gasteiger charge is -1.96. The molecule has 0 unspecified atom stereocenters. The van der Waals surface area contributed by atoms with Crippen molar-refractivity contribution in [3.63, 3.8) is 0 Å². The summed E-state index contributed by atoms with van der Waals surface area (Å²) >= 11 is 0. The van der Waals surface area contributed by atoms with Crippen LogP contribution in [0.3, 0.4) is 0 Å². The molecule has 3 aromatic carbocycles. The fourth-order valence-electron chi connectivity index (χ4n) is 3.08. The van der Waals surface area contributed by atoms with E-state index in [0.29, 0.717) is 33.6 Å². The first-order chi connectivity index (χ1) is 13.2. The van der Waals surface area contributed by atoms with Gasteiger partial charge in [-0.1, -0.05) is 42.0 Å². The standard InChI is InChI=1S/C19H12N6O2/c1-10-5-4-6-11(9-10)19(26)23-22-15-13-8-3-2-7-12(13)14-16(15)21-18-17(20-14)24-27-25-18/h2-9H,1H3,(H,21,25). The zero-order valence-electron chi connectivity index (χ0n) is 14.2. The number of benzene rings is 2. The highest BCUT2D eigenvalue weighted by atomic mass is 16.6. The number of fused-ring (bicyclic) bond motifs is 4. The molecule has 0 aliphatic rings. The first kappa shape index (κ1) is 15.3. The number of azo groups is 1. The van der Waals surface area contributed by atoms with Crippen molar-refractivity contribution in [3.8, 4) is 0 Å². The summed E-state index contributed by atoms with van der Waals surface area (Å²) in [5, 5.41) is 16.2. The average Bonchev–Trinajstić information content (AvgIpc) is 3.26. The molecule has 0 bridgehead atoms. The van der Waals surface area contributed by atoms with Crippen LogP contribution < -0.4 is 0 Å². The molecular formula is C19H12N6O2. The Hall–Kier alpha value is -3.94. The molecule has 130 valence electrons. The van der Waals surface area contributed by atoms with Crippen LogP contribution in [-0.2, 0) is 0 Å². The summed E-state index contributed by atoms with van der Waals surface area (Å²) in [7, 11) is 0. The normalized spacial score (nSPS) is 11.9. The average molecular weight is 356 g/mol. The lowest BCUT2D eigenvalue weighted by atomic mass is 10.1. The van der Waals surface area contributed by atoms with Gasteiger partial charge in [0, 0.05) is 16.3 Å². The van der Waals surface area contributed by atoms with E-state index in [1.807, 2.05) is 43.3 Å². The van der Waals surface area contributed by atoms with Gasteiger partial charge < -0.3 is 0 Å². The Labute approximate surface area is 151 Å². The third kappa shape index (κ3) is 2.46. The van der Waals surface area contributed by atoms with E-state index in [0.717, 1.165) is 16.3 Å². The minimum absolute atomic E-state index is 0.373. The van der Waals surface area contributed by atoms with Crippen molar-refractivity contribution in [1.29, 1.82) is 0 Å². The van der Waals surface area contributed by atoms with Crippen molar-refractivity contribution in [1.82, 2.24) is 20.3 Å². The summed E-state index contributed by atoms with van der Waals surface area (Å²) in [4.78, 5) is 21.4. The summed E-state index contributed by atoms with van der Waals surface area (Å²) in [6.07, 6.45) is 0. The Balaban J connectivity index is 1.70. The Bertz CT molecular complexity index is 1360. The SMILES string of the molecule is Cc1cccc(C(=O)N=Nc2c3ccccc3c3nc4no[nH]c4nc23)c1. The molecule has 0 aliphatic heterocycles. The Morgan fingerprint density at radius 2 is 1.89 bits per heavy atom. The van der Waals surface area contributed by atoms with Crippen molar-refractivity contribution in [3.05, 3.63) is 59.7 Å². The molecule has 0 fully saturated rings. The second-order valence-electron chi connectivity index (χ2n) is 6.15. The van der Waals surface area contributed by atoms with Crippen molar-refractivity contribution in [2.45, 2.75) is 6.92 Å². The fourth-order valence-corrected chi connectivity index (χ4v) is 3.08. The molecule has 1 amide bonds. The summed E-state index contributed by atoms with van der Waals surface area (Å²) in [6.45, 7) is 1.92. The zero-order valence-corrected chi connectivity index (χ0v) is 14.2. The number of carbonyl (C=O) groups is 1. The highest BCUT2D eigenvalue weighted by Crippen LogP contribution is 2.38. The molecule has 0 aliphatic carbocycles. The number of carbonyl (C=O) groups excluding carboxylic acids is 1. The quantitative estimate of drug-likeness (QED) is 0.469. The van der Waals surface area contributed by atoms with Crippen molar-refractivity contribution in [2.24, 2.45) is 10.2 Å². The number of amides is 1. The fraction of sp³-hybridized carbons (Fsp3) is 0.0526. The molecule has 8 heteroatoms. The number of aromatic amines is 1. The maximum atomic E-state index is 12.4. The molecule has 5 aromatic rings. The predicted octanol–water partition coefficient (Wildman–Crippen LogP) is 4.48. The number of hydrogen-bond acceptors (Lipinski definition) is 6. The van der Waals surface area contributed by atoms with Crippen LogP contribution in [0.4, 0.5) is 5.69 Å². The first-order valence-electron chi connectivity index (χ1n) is 8.25. The number of rotatable bonds is 2. The smallest absolute Gasteiger partial charge is 0.267 e. The number of nitrogens with one attached hydrogen (secondary N) is 1. The third-order valence-corrected chi connectivity index (χ3v) is 4.32. The van der Waals surface area contributed by atoms with Gasteiger partial charge in [0.1, 0.15) is 16.7 Å². The van der Waals surface area contributed by atoms with Crippen LogP contribution in [0, 0.1) is 6.92 Å². The minimum Gasteiger partial charge on any atom is -0.267 e. The van der Waals surface area contributed by atoms with Crippen molar-refractivity contribution in [2.75, 3.05) is 0 Å². The number of aryl methyl sites for hydroxylation is 1. The van der Waals surface area contributed by atoms with Crippen LogP contribution in [0.25, 0.3) is 33.1 Å². The number of nitrogens with zero attached hydrogens (tertiary/aromatic N) is 5. The van der Waals surface area contributed by atoms with Gasteiger partial charge >= 0.3 is 0 Å². The van der Waals surface area contributed by atoms with E-state index >= 15 is 0 Å². The molecule has 0 spiro atoms. The molecule has 2 heterocycles. The van der Waals surface area contributed by atoms with Gasteiger partial charge in [0.25, 0.3) is 5.91 Å². The van der Waals surface area contributed by atoms with Gasteiger partial charge in [0.05, 0.1) is 0 Å². The maximum Gasteiger partial charge on any atom is 0.295 e. The van der Waals surface area contributed by atoms with Gasteiger partial charge in [0.2, 0.25) is 11.3 Å². The van der Waals surface area contributed by atoms with E-state index in [-0.39, 0.29) is 0 Å². The number of hydrogen-bond donors (Lipinski definition) is 1. The van der Waals surface area contributed by atoms with Crippen molar-refractivity contribution >= 4 is 44.7 Å². The van der Waals surface area contributed by atoms with Crippen LogP contribution in [0.15, 0.2) is 63.4 Å². The molecular weight excluding hydrogens is 344 g/mol. The maximum absolute atomic E-state index is 12.4. The second-order valence-corrected chi connectivity index (χ2v) is 6.15. The minimum atomic E-state index is -0.414. The molecule has 1 N–H and O–H groups in total. The van der Waals surface area contributed by atoms with Gasteiger partial charge in [-0.2, -0.15) is 5.16 Å². The summed E-state index contributed by atoms with van der Waals surface area (Å²) in [5.41, 5.74) is 3.90. The molecule has 8 nitrogen and oxygen atoms in total. The van der Waals surface area contributed by atoms with E-state index in [4.69, 9.17) is 4.63 Å². The van der Waals surface area contributed by atoms with Gasteiger partial charge in [-0.3, -0.25) is 9.42 Å². The van der Waals surface area contributed by atoms with E-state index in [1.54, 1.807) is 12.1 Å².